The van der Waals surface area contributed by atoms with E-state index in [0.29, 0.717) is 0 Å². The fourth-order valence-electron chi connectivity index (χ4n) is 0.827. The summed E-state index contributed by atoms with van der Waals surface area (Å²) in [5.41, 5.74) is 0. The van der Waals surface area contributed by atoms with Crippen molar-refractivity contribution in [2.24, 2.45) is 0 Å². The van der Waals surface area contributed by atoms with Crippen LogP contribution in [0, 0.1) is 5.92 Å². The van der Waals surface area contributed by atoms with Gasteiger partial charge in [-0.3, -0.25) is 20.4 Å². The normalized spacial score (nSPS) is 9.76. The molecule has 0 N–H and O–H groups in total. The Kier molecular flexibility index (Phi) is 34.3. The molecule has 0 spiro atoms. The smallest absolute Gasteiger partial charge is 0.545 e. The van der Waals surface area contributed by atoms with Crippen molar-refractivity contribution < 1.29 is 36.2 Å². The molecule has 17 heavy (non-hydrogen) atoms. The van der Waals surface area contributed by atoms with E-state index in [9.17, 15) is 4.79 Å². The molecule has 0 amide bonds. The van der Waals surface area contributed by atoms with E-state index in [1.807, 2.05) is 24.3 Å². The van der Waals surface area contributed by atoms with Gasteiger partial charge in [0.2, 0.25) is 0 Å². The van der Waals surface area contributed by atoms with Gasteiger partial charge in [0.25, 0.3) is 0 Å². The van der Waals surface area contributed by atoms with Gasteiger partial charge in [0.1, 0.15) is 0 Å². The molecular weight excluding hydrogens is 264 g/mol. The Morgan fingerprint density at radius 3 is 1.88 bits per heavy atom. The predicted octanol–water partition coefficient (Wildman–Crippen LogP) is 1.01. The van der Waals surface area contributed by atoms with Crippen molar-refractivity contribution in [3.05, 3.63) is 42.9 Å². The molecule has 0 fully saturated rings. The summed E-state index contributed by atoms with van der Waals surface area (Å²) in [6.45, 7) is 13.2. The van der Waals surface area contributed by atoms with Gasteiger partial charge in [0.15, 0.2) is 0 Å². The molecule has 1 rings (SSSR count). The van der Waals surface area contributed by atoms with E-state index in [4.69, 9.17) is 14.4 Å². The van der Waals surface area contributed by atoms with E-state index in [2.05, 4.69) is 26.9 Å². The summed E-state index contributed by atoms with van der Waals surface area (Å²) in [5.74, 6) is 0.845. The van der Waals surface area contributed by atoms with Crippen molar-refractivity contribution in [3.8, 4) is 0 Å². The van der Waals surface area contributed by atoms with Gasteiger partial charge in [-0.1, -0.05) is 6.42 Å². The Bertz CT molecular complexity index is 244. The van der Waals surface area contributed by atoms with E-state index in [-0.39, 0.29) is 22.9 Å². The van der Waals surface area contributed by atoms with E-state index >= 15 is 0 Å². The molecule has 0 heterocycles. The molecule has 4 nitrogen and oxygen atoms in total. The number of hydrogen-bond acceptors (Lipinski definition) is 4. The zero-order valence-electron chi connectivity index (χ0n) is 9.02. The monoisotopic (exact) mass is 276 g/mol. The third-order valence-electron chi connectivity index (χ3n) is 1.38. The molecule has 0 unspecified atom stereocenters. The van der Waals surface area contributed by atoms with Crippen LogP contribution in [0.5, 0.6) is 0 Å². The average Bonchev–Trinajstić information content (AvgIpc) is 2.45. The van der Waals surface area contributed by atoms with Gasteiger partial charge < -0.3 is 19.2 Å². The van der Waals surface area contributed by atoms with Crippen LogP contribution in [0.1, 0.15) is 6.42 Å². The molecule has 0 radical (unpaired) electrons. The summed E-state index contributed by atoms with van der Waals surface area (Å²) in [7, 11) is 0. The van der Waals surface area contributed by atoms with Crippen LogP contribution < -0.4 is 0 Å². The van der Waals surface area contributed by atoms with Gasteiger partial charge in [-0.2, -0.15) is 18.7 Å². The Morgan fingerprint density at radius 2 is 1.59 bits per heavy atom. The SMILES string of the molecule is C=CC(=O)[C-]1C=CC=CC1.[CH-]=O.[CH-]=O.[CH-]=O.[Fe+4]. The van der Waals surface area contributed by atoms with Crippen LogP contribution in [0.15, 0.2) is 37.0 Å². The minimum absolute atomic E-state index is 0. The van der Waals surface area contributed by atoms with E-state index in [0.717, 1.165) is 12.3 Å². The van der Waals surface area contributed by atoms with Gasteiger partial charge in [-0.05, 0) is 0 Å². The van der Waals surface area contributed by atoms with Crippen LogP contribution in [-0.4, -0.2) is 26.2 Å². The second-order valence-electron chi connectivity index (χ2n) is 2.09. The molecule has 0 aromatic heterocycles. The third kappa shape index (κ3) is 14.3. The minimum atomic E-state index is 0. The second kappa shape index (κ2) is 23.8. The maximum absolute atomic E-state index is 10.9. The molecule has 92 valence electrons. The molecule has 0 atom stereocenters. The Morgan fingerprint density at radius 1 is 1.12 bits per heavy atom. The number of carbonyl (C=O) groups excluding carboxylic acids is 4. The van der Waals surface area contributed by atoms with Gasteiger partial charge in [-0.15, -0.1) is 24.1 Å². The molecule has 0 aliphatic heterocycles. The third-order valence-corrected chi connectivity index (χ3v) is 1.38. The predicted molar refractivity (Wildman–Crippen MR) is 61.6 cm³/mol. The Balaban J connectivity index is -0.000000106. The summed E-state index contributed by atoms with van der Waals surface area (Å²) in [6.07, 6.45) is 9.65. The van der Waals surface area contributed by atoms with Crippen molar-refractivity contribution in [3.63, 3.8) is 0 Å². The Hall–Kier alpha value is -1.71. The molecule has 0 bridgehead atoms. The van der Waals surface area contributed by atoms with Crippen molar-refractivity contribution >= 4 is 26.2 Å². The van der Waals surface area contributed by atoms with Gasteiger partial charge >= 0.3 is 17.1 Å². The quantitative estimate of drug-likeness (QED) is 0.326. The minimum Gasteiger partial charge on any atom is -0.545 e. The van der Waals surface area contributed by atoms with Gasteiger partial charge in [0, 0.05) is 0 Å². The first-order valence-corrected chi connectivity index (χ1v) is 3.91. The second-order valence-corrected chi connectivity index (χ2v) is 2.09. The van der Waals surface area contributed by atoms with Crippen LogP contribution in [0.25, 0.3) is 0 Å². The fraction of sp³-hybridized carbons (Fsp3) is 0.0833. The van der Waals surface area contributed by atoms with E-state index in [1.165, 1.54) is 6.08 Å². The van der Waals surface area contributed by atoms with Crippen molar-refractivity contribution in [2.75, 3.05) is 0 Å². The van der Waals surface area contributed by atoms with Gasteiger partial charge in [0.05, 0.1) is 5.78 Å². The summed E-state index contributed by atoms with van der Waals surface area (Å²) in [6, 6.07) is 0. The van der Waals surface area contributed by atoms with Crippen LogP contribution in [0.2, 0.25) is 0 Å². The zero-order chi connectivity index (χ0) is 13.4. The molecule has 0 saturated carbocycles. The first-order chi connectivity index (χ1) is 7.84. The first-order valence-electron chi connectivity index (χ1n) is 3.91. The number of carbonyl (C=O) groups is 1. The topological polar surface area (TPSA) is 68.3 Å². The largest absolute Gasteiger partial charge is 4.00 e. The molecule has 1 aliphatic carbocycles. The van der Waals surface area contributed by atoms with E-state index in [1.54, 1.807) is 0 Å². The molecule has 0 aromatic rings. The molecule has 0 saturated heterocycles. The van der Waals surface area contributed by atoms with Crippen molar-refractivity contribution in [1.29, 1.82) is 0 Å². The maximum atomic E-state index is 10.9. The maximum Gasteiger partial charge on any atom is 4.00 e. The van der Waals surface area contributed by atoms with Crippen LogP contribution >= 0.6 is 0 Å². The fourth-order valence-corrected chi connectivity index (χ4v) is 0.827. The molecular formula is C12H12FeO4. The number of ketones is 1. The van der Waals surface area contributed by atoms with Crippen LogP contribution in [0.4, 0.5) is 0 Å². The molecule has 5 heteroatoms. The summed E-state index contributed by atoms with van der Waals surface area (Å²) in [4.78, 5) is 34.2. The van der Waals surface area contributed by atoms with E-state index < -0.39 is 0 Å². The average molecular weight is 276 g/mol. The summed E-state index contributed by atoms with van der Waals surface area (Å²) >= 11 is 0. The number of allylic oxidation sites excluding steroid dienone is 5. The van der Waals surface area contributed by atoms with Gasteiger partial charge in [-0.25, -0.2) is 0 Å². The molecule has 0 aromatic carbocycles. The van der Waals surface area contributed by atoms with Crippen LogP contribution in [-0.2, 0) is 36.2 Å². The van der Waals surface area contributed by atoms with Crippen LogP contribution in [0.3, 0.4) is 0 Å². The number of rotatable bonds is 2. The summed E-state index contributed by atoms with van der Waals surface area (Å²) in [5, 5.41) is 0. The van der Waals surface area contributed by atoms with Crippen molar-refractivity contribution in [2.45, 2.75) is 6.42 Å². The summed E-state index contributed by atoms with van der Waals surface area (Å²) < 4.78 is 0. The first kappa shape index (κ1) is 24.5. The number of hydrogen-bond donors (Lipinski definition) is 0. The zero-order valence-corrected chi connectivity index (χ0v) is 10.1. The molecule has 1 aliphatic rings. The van der Waals surface area contributed by atoms with Crippen molar-refractivity contribution in [1.82, 2.24) is 0 Å². The standard InChI is InChI=1S/C9H9O.3CHO.Fe/c1-2-9(10)8-6-4-3-5-7-8;3*1-2;/h2-6H,1,7H2;3*1H;/q4*-1;+4. The Labute approximate surface area is 112 Å².